The Morgan fingerprint density at radius 1 is 1.69 bits per heavy atom. The van der Waals surface area contributed by atoms with E-state index in [4.69, 9.17) is 10.5 Å². The zero-order chi connectivity index (χ0) is 9.68. The molecule has 1 aliphatic carbocycles. The van der Waals surface area contributed by atoms with E-state index in [1.54, 1.807) is 7.11 Å². The molecule has 1 aliphatic rings. The lowest BCUT2D eigenvalue weighted by atomic mass is 9.92. The molecule has 1 rings (SSSR count). The average Bonchev–Trinajstić information content (AvgIpc) is 2.04. The first-order valence-electron chi connectivity index (χ1n) is 4.83. The van der Waals surface area contributed by atoms with Gasteiger partial charge < -0.3 is 10.5 Å². The summed E-state index contributed by atoms with van der Waals surface area (Å²) in [7, 11) is 1.69. The predicted octanol–water partition coefficient (Wildman–Crippen LogP) is 1.87. The fraction of sp³-hybridized carbons (Fsp3) is 0.636. The molecule has 0 amide bonds. The third-order valence-corrected chi connectivity index (χ3v) is 2.26. The maximum absolute atomic E-state index is 5.87. The molecular weight excluding hydrogens is 162 g/mol. The topological polar surface area (TPSA) is 35.2 Å². The number of hydrogen-bond donors (Lipinski definition) is 1. The molecule has 0 spiro atoms. The Bertz CT molecular complexity index is 208. The standard InChI is InChI=1S/C11H19NO/c1-9-4-3-5-10(6-9)7-11(12)8-13-2/h3-5,9,11H,6-8,12H2,1-2H3/t9-,11+/m1/s1. The van der Waals surface area contributed by atoms with Crippen LogP contribution in [0.25, 0.3) is 0 Å². The van der Waals surface area contributed by atoms with Crippen molar-refractivity contribution < 1.29 is 4.74 Å². The van der Waals surface area contributed by atoms with Gasteiger partial charge in [-0.2, -0.15) is 0 Å². The Kier molecular flexibility index (Phi) is 4.19. The van der Waals surface area contributed by atoms with Crippen LogP contribution in [-0.2, 0) is 4.74 Å². The third kappa shape index (κ3) is 3.75. The monoisotopic (exact) mass is 181 g/mol. The van der Waals surface area contributed by atoms with Crippen molar-refractivity contribution in [2.45, 2.75) is 25.8 Å². The summed E-state index contributed by atoms with van der Waals surface area (Å²) in [5.74, 6) is 0.662. The molecule has 13 heavy (non-hydrogen) atoms. The van der Waals surface area contributed by atoms with E-state index in [9.17, 15) is 0 Å². The van der Waals surface area contributed by atoms with Gasteiger partial charge in [0, 0.05) is 13.2 Å². The molecule has 74 valence electrons. The molecule has 0 saturated carbocycles. The predicted molar refractivity (Wildman–Crippen MR) is 55.5 cm³/mol. The maximum Gasteiger partial charge on any atom is 0.0616 e. The van der Waals surface area contributed by atoms with Crippen molar-refractivity contribution in [3.05, 3.63) is 23.8 Å². The first-order chi connectivity index (χ1) is 6.22. The summed E-state index contributed by atoms with van der Waals surface area (Å²) in [6, 6.07) is 0.148. The summed E-state index contributed by atoms with van der Waals surface area (Å²) in [5.41, 5.74) is 7.31. The van der Waals surface area contributed by atoms with Gasteiger partial charge in [0.05, 0.1) is 6.61 Å². The molecule has 0 bridgehead atoms. The van der Waals surface area contributed by atoms with Crippen LogP contribution in [0, 0.1) is 5.92 Å². The summed E-state index contributed by atoms with van der Waals surface area (Å²) >= 11 is 0. The second-order valence-electron chi connectivity index (χ2n) is 3.81. The van der Waals surface area contributed by atoms with Crippen molar-refractivity contribution >= 4 is 0 Å². The molecule has 2 nitrogen and oxygen atoms in total. The molecule has 0 heterocycles. The zero-order valence-electron chi connectivity index (χ0n) is 8.49. The van der Waals surface area contributed by atoms with Gasteiger partial charge in [0.2, 0.25) is 0 Å². The summed E-state index contributed by atoms with van der Waals surface area (Å²) in [6.07, 6.45) is 8.64. The summed E-state index contributed by atoms with van der Waals surface area (Å²) in [4.78, 5) is 0. The molecule has 0 unspecified atom stereocenters. The van der Waals surface area contributed by atoms with Crippen LogP contribution in [0.5, 0.6) is 0 Å². The van der Waals surface area contributed by atoms with E-state index < -0.39 is 0 Å². The number of rotatable bonds is 4. The fourth-order valence-electron chi connectivity index (χ4n) is 1.69. The Morgan fingerprint density at radius 3 is 3.08 bits per heavy atom. The zero-order valence-corrected chi connectivity index (χ0v) is 8.49. The smallest absolute Gasteiger partial charge is 0.0616 e. The number of nitrogens with two attached hydrogens (primary N) is 1. The number of methoxy groups -OCH3 is 1. The van der Waals surface area contributed by atoms with E-state index >= 15 is 0 Å². The lowest BCUT2D eigenvalue weighted by Gasteiger charge is -2.17. The van der Waals surface area contributed by atoms with Crippen molar-refractivity contribution in [2.24, 2.45) is 11.7 Å². The molecule has 0 aromatic heterocycles. The van der Waals surface area contributed by atoms with Crippen LogP contribution in [0.2, 0.25) is 0 Å². The van der Waals surface area contributed by atoms with Crippen molar-refractivity contribution in [3.63, 3.8) is 0 Å². The minimum absolute atomic E-state index is 0.148. The Hall–Kier alpha value is -0.600. The Labute approximate surface area is 80.5 Å². The van der Waals surface area contributed by atoms with E-state index in [2.05, 4.69) is 25.2 Å². The summed E-state index contributed by atoms with van der Waals surface area (Å²) in [6.45, 7) is 2.88. The van der Waals surface area contributed by atoms with E-state index in [0.717, 1.165) is 12.8 Å². The third-order valence-electron chi connectivity index (χ3n) is 2.26. The lowest BCUT2D eigenvalue weighted by Crippen LogP contribution is -2.26. The highest BCUT2D eigenvalue weighted by Crippen LogP contribution is 2.21. The number of hydrogen-bond acceptors (Lipinski definition) is 2. The average molecular weight is 181 g/mol. The van der Waals surface area contributed by atoms with E-state index in [1.807, 2.05) is 0 Å². The molecule has 2 atom stereocenters. The van der Waals surface area contributed by atoms with Crippen molar-refractivity contribution in [2.75, 3.05) is 13.7 Å². The largest absolute Gasteiger partial charge is 0.383 e. The molecule has 0 aliphatic heterocycles. The van der Waals surface area contributed by atoms with Crippen LogP contribution in [0.15, 0.2) is 23.8 Å². The van der Waals surface area contributed by atoms with Crippen LogP contribution in [0.3, 0.4) is 0 Å². The van der Waals surface area contributed by atoms with Crippen LogP contribution < -0.4 is 5.73 Å². The lowest BCUT2D eigenvalue weighted by molar-refractivity contribution is 0.179. The van der Waals surface area contributed by atoms with Crippen LogP contribution in [0.1, 0.15) is 19.8 Å². The second-order valence-corrected chi connectivity index (χ2v) is 3.81. The highest BCUT2D eigenvalue weighted by Gasteiger charge is 2.10. The van der Waals surface area contributed by atoms with Crippen LogP contribution in [0.4, 0.5) is 0 Å². The SMILES string of the molecule is COC[C@@H](N)CC1=CC=C[C@@H](C)C1. The minimum atomic E-state index is 0.148. The highest BCUT2D eigenvalue weighted by molar-refractivity contribution is 5.20. The first-order valence-corrected chi connectivity index (χ1v) is 4.83. The molecular formula is C11H19NO. The van der Waals surface area contributed by atoms with Gasteiger partial charge in [-0.3, -0.25) is 0 Å². The Morgan fingerprint density at radius 2 is 2.46 bits per heavy atom. The van der Waals surface area contributed by atoms with Crippen molar-refractivity contribution in [1.82, 2.24) is 0 Å². The molecule has 0 saturated heterocycles. The first kappa shape index (κ1) is 10.5. The van der Waals surface area contributed by atoms with Crippen molar-refractivity contribution in [1.29, 1.82) is 0 Å². The summed E-state index contributed by atoms with van der Waals surface area (Å²) in [5, 5.41) is 0. The fourth-order valence-corrected chi connectivity index (χ4v) is 1.69. The molecule has 2 N–H and O–H groups in total. The molecule has 2 heteroatoms. The van der Waals surface area contributed by atoms with E-state index in [1.165, 1.54) is 5.57 Å². The molecule has 0 radical (unpaired) electrons. The molecule has 0 fully saturated rings. The van der Waals surface area contributed by atoms with Crippen molar-refractivity contribution in [3.8, 4) is 0 Å². The van der Waals surface area contributed by atoms with E-state index in [0.29, 0.717) is 12.5 Å². The van der Waals surface area contributed by atoms with Gasteiger partial charge in [0.15, 0.2) is 0 Å². The number of ether oxygens (including phenoxy) is 1. The van der Waals surface area contributed by atoms with Crippen LogP contribution in [-0.4, -0.2) is 19.8 Å². The van der Waals surface area contributed by atoms with Gasteiger partial charge in [0.1, 0.15) is 0 Å². The highest BCUT2D eigenvalue weighted by atomic mass is 16.5. The van der Waals surface area contributed by atoms with E-state index in [-0.39, 0.29) is 6.04 Å². The molecule has 0 aromatic rings. The minimum Gasteiger partial charge on any atom is -0.383 e. The quantitative estimate of drug-likeness (QED) is 0.718. The van der Waals surface area contributed by atoms with Gasteiger partial charge in [0.25, 0.3) is 0 Å². The number of allylic oxidation sites excluding steroid dienone is 3. The van der Waals surface area contributed by atoms with Gasteiger partial charge in [-0.15, -0.1) is 0 Å². The Balaban J connectivity index is 2.36. The molecule has 0 aromatic carbocycles. The maximum atomic E-state index is 5.87. The van der Waals surface area contributed by atoms with Gasteiger partial charge in [-0.05, 0) is 18.8 Å². The van der Waals surface area contributed by atoms with Crippen LogP contribution >= 0.6 is 0 Å². The second kappa shape index (κ2) is 5.20. The van der Waals surface area contributed by atoms with Gasteiger partial charge in [-0.1, -0.05) is 30.7 Å². The summed E-state index contributed by atoms with van der Waals surface area (Å²) < 4.78 is 5.00. The normalized spacial score (nSPS) is 24.2. The van der Waals surface area contributed by atoms with Gasteiger partial charge in [-0.25, -0.2) is 0 Å². The van der Waals surface area contributed by atoms with Gasteiger partial charge >= 0.3 is 0 Å².